The van der Waals surface area contributed by atoms with Gasteiger partial charge in [0.2, 0.25) is 0 Å². The minimum atomic E-state index is -0.448. The zero-order chi connectivity index (χ0) is 15.4. The number of nitrogens with zero attached hydrogens (tertiary/aromatic N) is 1. The number of carbonyl (C=O) groups is 1. The third kappa shape index (κ3) is 3.45. The first kappa shape index (κ1) is 14.7. The van der Waals surface area contributed by atoms with Crippen molar-refractivity contribution in [1.29, 1.82) is 0 Å². The van der Waals surface area contributed by atoms with Gasteiger partial charge in [0, 0.05) is 11.3 Å². The molecule has 2 aromatic carbocycles. The molecular weight excluding hydrogens is 271 g/mol. The van der Waals surface area contributed by atoms with Crippen LogP contribution in [0.3, 0.4) is 0 Å². The maximum absolute atomic E-state index is 13.2. The van der Waals surface area contributed by atoms with Crippen LogP contribution in [0.15, 0.2) is 47.6 Å². The summed E-state index contributed by atoms with van der Waals surface area (Å²) in [5.74, 6) is -0.817. The number of oxime groups is 1. The van der Waals surface area contributed by atoms with Crippen LogP contribution in [0.25, 0.3) is 0 Å². The van der Waals surface area contributed by atoms with Crippen molar-refractivity contribution >= 4 is 17.3 Å². The second-order valence-electron chi connectivity index (χ2n) is 4.68. The Morgan fingerprint density at radius 3 is 2.48 bits per heavy atom. The Bertz CT molecular complexity index is 694. The lowest BCUT2D eigenvalue weighted by Crippen LogP contribution is -2.13. The fraction of sp³-hybridized carbons (Fsp3) is 0.125. The van der Waals surface area contributed by atoms with Gasteiger partial charge in [0.05, 0.1) is 5.71 Å². The van der Waals surface area contributed by atoms with Crippen LogP contribution in [0.2, 0.25) is 0 Å². The van der Waals surface area contributed by atoms with Gasteiger partial charge in [-0.3, -0.25) is 4.79 Å². The highest BCUT2D eigenvalue weighted by molar-refractivity contribution is 6.05. The van der Waals surface area contributed by atoms with Crippen molar-refractivity contribution in [3.05, 3.63) is 65.0 Å². The Hall–Kier alpha value is -2.69. The molecule has 0 aliphatic heterocycles. The second kappa shape index (κ2) is 6.17. The topological polar surface area (TPSA) is 61.7 Å². The molecule has 0 saturated heterocycles. The molecule has 0 bridgehead atoms. The maximum atomic E-state index is 13.2. The highest BCUT2D eigenvalue weighted by atomic mass is 19.1. The van der Waals surface area contributed by atoms with E-state index in [9.17, 15) is 9.18 Å². The molecule has 0 aliphatic carbocycles. The van der Waals surface area contributed by atoms with Gasteiger partial charge in [0.1, 0.15) is 5.82 Å². The summed E-state index contributed by atoms with van der Waals surface area (Å²) in [6, 6.07) is 10.9. The van der Waals surface area contributed by atoms with Gasteiger partial charge in [-0.05, 0) is 49.2 Å². The molecular formula is C16H15FN2O2. The quantitative estimate of drug-likeness (QED) is 0.514. The molecule has 0 aliphatic rings. The SMILES string of the molecule is CC(=NO)c1ccc(NC(=O)c2cc(F)ccc2C)cc1. The summed E-state index contributed by atoms with van der Waals surface area (Å²) >= 11 is 0. The lowest BCUT2D eigenvalue weighted by molar-refractivity contribution is 0.102. The average Bonchev–Trinajstić information content (AvgIpc) is 2.49. The predicted molar refractivity (Wildman–Crippen MR) is 79.5 cm³/mol. The number of rotatable bonds is 3. The van der Waals surface area contributed by atoms with E-state index in [1.54, 1.807) is 44.2 Å². The Balaban J connectivity index is 2.18. The lowest BCUT2D eigenvalue weighted by Gasteiger charge is -2.08. The summed E-state index contributed by atoms with van der Waals surface area (Å²) in [5, 5.41) is 14.5. The van der Waals surface area contributed by atoms with E-state index < -0.39 is 5.82 Å². The van der Waals surface area contributed by atoms with Gasteiger partial charge in [0.25, 0.3) is 5.91 Å². The van der Waals surface area contributed by atoms with Gasteiger partial charge in [-0.25, -0.2) is 4.39 Å². The van der Waals surface area contributed by atoms with Crippen molar-refractivity contribution in [3.8, 4) is 0 Å². The molecule has 0 unspecified atom stereocenters. The normalized spacial score (nSPS) is 11.3. The minimum Gasteiger partial charge on any atom is -0.411 e. The average molecular weight is 286 g/mol. The summed E-state index contributed by atoms with van der Waals surface area (Å²) in [4.78, 5) is 12.1. The number of amides is 1. The number of hydrogen-bond donors (Lipinski definition) is 2. The van der Waals surface area contributed by atoms with Gasteiger partial charge in [-0.15, -0.1) is 0 Å². The van der Waals surface area contributed by atoms with Crippen LogP contribution in [0, 0.1) is 12.7 Å². The zero-order valence-corrected chi connectivity index (χ0v) is 11.7. The van der Waals surface area contributed by atoms with Crippen LogP contribution >= 0.6 is 0 Å². The first-order chi connectivity index (χ1) is 10.0. The summed E-state index contributed by atoms with van der Waals surface area (Å²) in [5.41, 5.74) is 2.81. The predicted octanol–water partition coefficient (Wildman–Crippen LogP) is 3.58. The van der Waals surface area contributed by atoms with Crippen molar-refractivity contribution in [2.75, 3.05) is 5.32 Å². The smallest absolute Gasteiger partial charge is 0.256 e. The highest BCUT2D eigenvalue weighted by Gasteiger charge is 2.10. The van der Waals surface area contributed by atoms with E-state index in [-0.39, 0.29) is 5.91 Å². The van der Waals surface area contributed by atoms with Gasteiger partial charge in [-0.1, -0.05) is 23.4 Å². The zero-order valence-electron chi connectivity index (χ0n) is 11.7. The number of carbonyl (C=O) groups excluding carboxylic acids is 1. The first-order valence-corrected chi connectivity index (χ1v) is 6.38. The third-order valence-corrected chi connectivity index (χ3v) is 3.15. The second-order valence-corrected chi connectivity index (χ2v) is 4.68. The monoisotopic (exact) mass is 286 g/mol. The maximum Gasteiger partial charge on any atom is 0.256 e. The summed E-state index contributed by atoms with van der Waals surface area (Å²) < 4.78 is 13.2. The molecule has 0 heterocycles. The fourth-order valence-electron chi connectivity index (χ4n) is 1.89. The van der Waals surface area contributed by atoms with Gasteiger partial charge >= 0.3 is 0 Å². The van der Waals surface area contributed by atoms with Gasteiger partial charge in [-0.2, -0.15) is 0 Å². The minimum absolute atomic E-state index is 0.298. The lowest BCUT2D eigenvalue weighted by atomic mass is 10.1. The van der Waals surface area contributed by atoms with Gasteiger partial charge in [0.15, 0.2) is 0 Å². The van der Waals surface area contributed by atoms with E-state index in [0.717, 1.165) is 5.56 Å². The number of aryl methyl sites for hydroxylation is 1. The summed E-state index contributed by atoms with van der Waals surface area (Å²) in [7, 11) is 0. The van der Waals surface area contributed by atoms with Crippen molar-refractivity contribution in [2.45, 2.75) is 13.8 Å². The van der Waals surface area contributed by atoms with E-state index in [0.29, 0.717) is 22.5 Å². The van der Waals surface area contributed by atoms with E-state index in [4.69, 9.17) is 5.21 Å². The van der Waals surface area contributed by atoms with Crippen molar-refractivity contribution in [1.82, 2.24) is 0 Å². The molecule has 0 fully saturated rings. The molecule has 0 atom stereocenters. The molecule has 4 nitrogen and oxygen atoms in total. The van der Waals surface area contributed by atoms with Crippen LogP contribution in [0.4, 0.5) is 10.1 Å². The molecule has 0 radical (unpaired) electrons. The Morgan fingerprint density at radius 1 is 1.19 bits per heavy atom. The molecule has 108 valence electrons. The molecule has 0 saturated carbocycles. The Morgan fingerprint density at radius 2 is 1.86 bits per heavy atom. The molecule has 21 heavy (non-hydrogen) atoms. The standard InChI is InChI=1S/C16H15FN2O2/c1-10-3-6-13(17)9-15(10)16(20)18-14-7-4-12(5-8-14)11(2)19-21/h3-9,21H,1-2H3,(H,18,20). The van der Waals surface area contributed by atoms with Crippen LogP contribution in [-0.4, -0.2) is 16.8 Å². The van der Waals surface area contributed by atoms with E-state index in [2.05, 4.69) is 10.5 Å². The van der Waals surface area contributed by atoms with E-state index >= 15 is 0 Å². The van der Waals surface area contributed by atoms with Crippen molar-refractivity contribution in [2.24, 2.45) is 5.16 Å². The highest BCUT2D eigenvalue weighted by Crippen LogP contribution is 2.15. The van der Waals surface area contributed by atoms with Gasteiger partial charge < -0.3 is 10.5 Å². The van der Waals surface area contributed by atoms with Crippen LogP contribution in [0.5, 0.6) is 0 Å². The fourth-order valence-corrected chi connectivity index (χ4v) is 1.89. The largest absolute Gasteiger partial charge is 0.411 e. The molecule has 0 aromatic heterocycles. The van der Waals surface area contributed by atoms with E-state index in [1.807, 2.05) is 0 Å². The third-order valence-electron chi connectivity index (χ3n) is 3.15. The van der Waals surface area contributed by atoms with Crippen molar-refractivity contribution in [3.63, 3.8) is 0 Å². The molecule has 0 spiro atoms. The number of anilines is 1. The molecule has 2 rings (SSSR count). The number of halogens is 1. The van der Waals surface area contributed by atoms with Crippen LogP contribution in [0.1, 0.15) is 28.4 Å². The first-order valence-electron chi connectivity index (χ1n) is 6.38. The molecule has 1 amide bonds. The number of benzene rings is 2. The molecule has 2 aromatic rings. The van der Waals surface area contributed by atoms with Crippen LogP contribution < -0.4 is 5.32 Å². The Kier molecular flexibility index (Phi) is 4.33. The summed E-state index contributed by atoms with van der Waals surface area (Å²) in [6.07, 6.45) is 0. The van der Waals surface area contributed by atoms with Crippen LogP contribution in [-0.2, 0) is 0 Å². The molecule has 2 N–H and O–H groups in total. The number of nitrogens with one attached hydrogen (secondary N) is 1. The Labute approximate surface area is 121 Å². The summed E-state index contributed by atoms with van der Waals surface area (Å²) in [6.45, 7) is 3.42. The van der Waals surface area contributed by atoms with E-state index in [1.165, 1.54) is 12.1 Å². The number of hydrogen-bond acceptors (Lipinski definition) is 3. The molecule has 5 heteroatoms. The van der Waals surface area contributed by atoms with Crippen molar-refractivity contribution < 1.29 is 14.4 Å².